The molecule has 0 bridgehead atoms. The second-order valence-electron chi connectivity index (χ2n) is 9.05. The van der Waals surface area contributed by atoms with Gasteiger partial charge < -0.3 is 11.1 Å². The lowest BCUT2D eigenvalue weighted by atomic mass is 9.94. The van der Waals surface area contributed by atoms with Gasteiger partial charge in [-0.15, -0.1) is 12.3 Å². The number of nitrogens with two attached hydrogens (primary N) is 1. The average molecular weight is 565 g/mol. The molecule has 0 atom stereocenters. The fourth-order valence-corrected chi connectivity index (χ4v) is 3.34. The molecule has 6 heteroatoms. The molecule has 3 rings (SSSR count). The molecule has 1 aliphatic rings. The highest BCUT2D eigenvalue weighted by molar-refractivity contribution is 5.95. The van der Waals surface area contributed by atoms with Crippen LogP contribution in [0.3, 0.4) is 0 Å². The molecule has 0 heterocycles. The molecule has 0 aliphatic heterocycles. The Morgan fingerprint density at radius 2 is 1.68 bits per heavy atom. The molecule has 0 spiro atoms. The van der Waals surface area contributed by atoms with E-state index in [1.54, 1.807) is 26.0 Å². The van der Waals surface area contributed by atoms with E-state index in [1.807, 2.05) is 50.4 Å². The van der Waals surface area contributed by atoms with Crippen molar-refractivity contribution in [1.29, 1.82) is 0 Å². The molecule has 0 radical (unpaired) electrons. The van der Waals surface area contributed by atoms with E-state index in [0.717, 1.165) is 42.6 Å². The third-order valence-corrected chi connectivity index (χ3v) is 5.48. The summed E-state index contributed by atoms with van der Waals surface area (Å²) in [5, 5.41) is 3.03. The smallest absolute Gasteiger partial charge is 0.160 e. The maximum atomic E-state index is 14.3. The van der Waals surface area contributed by atoms with Crippen molar-refractivity contribution >= 4 is 12.1 Å². The van der Waals surface area contributed by atoms with E-state index < -0.39 is 0 Å². The first-order chi connectivity index (χ1) is 19.6. The molecular weight excluding hydrogens is 518 g/mol. The predicted molar refractivity (Wildman–Crippen MR) is 170 cm³/mol. The van der Waals surface area contributed by atoms with Gasteiger partial charge in [-0.1, -0.05) is 81.6 Å². The van der Waals surface area contributed by atoms with E-state index in [0.29, 0.717) is 18.3 Å². The first kappa shape index (κ1) is 39.2. The van der Waals surface area contributed by atoms with Crippen LogP contribution in [-0.4, -0.2) is 25.7 Å². The molecule has 1 saturated carbocycles. The number of aldehydes is 1. The second-order valence-corrected chi connectivity index (χ2v) is 9.05. The van der Waals surface area contributed by atoms with E-state index in [1.165, 1.54) is 24.3 Å². The van der Waals surface area contributed by atoms with Crippen molar-refractivity contribution in [3.8, 4) is 12.3 Å². The number of allylic oxidation sites excluding steroid dienone is 6. The number of hydrogen-bond acceptors (Lipinski definition) is 4. The van der Waals surface area contributed by atoms with E-state index in [-0.39, 0.29) is 22.8 Å². The molecule has 0 saturated heterocycles. The standard InChI is InChI=1S/C17H18F2.C10H13NO.C3H4O.C3H4.C2H7N/c1-3-6-14(18)9-4-7-13-8-5-10-15(16(13)19)17(2)11-12-17;1-8(12)10-6-4-3-5-9(10)7-11-2;1-2-3-4;1-3-2;1-2-3/h3-6,8-10H,1,7,11-12H2,2H3;3-6,11H,7H2,1-2H3;2-3H,1H2;1H,2H3;2-3H2,1H3/b9-4-,14-6+;;;;. The molecule has 3 N–H and O–H groups in total. The van der Waals surface area contributed by atoms with E-state index in [2.05, 4.69) is 37.7 Å². The number of nitrogens with one attached hydrogen (secondary N) is 1. The van der Waals surface area contributed by atoms with Crippen LogP contribution in [0.1, 0.15) is 67.6 Å². The van der Waals surface area contributed by atoms with Crippen molar-refractivity contribution < 1.29 is 18.4 Å². The summed E-state index contributed by atoms with van der Waals surface area (Å²) < 4.78 is 27.4. The van der Waals surface area contributed by atoms with Crippen LogP contribution in [0.2, 0.25) is 0 Å². The van der Waals surface area contributed by atoms with E-state index in [4.69, 9.17) is 10.5 Å². The molecule has 1 aliphatic carbocycles. The number of carbonyl (C=O) groups excluding carboxylic acids is 2. The number of terminal acetylenes is 1. The summed E-state index contributed by atoms with van der Waals surface area (Å²) in [6, 6.07) is 13.1. The zero-order chi connectivity index (χ0) is 31.7. The Labute approximate surface area is 246 Å². The van der Waals surface area contributed by atoms with Crippen molar-refractivity contribution in [2.45, 2.75) is 58.9 Å². The molecule has 222 valence electrons. The van der Waals surface area contributed by atoms with Crippen LogP contribution in [0.5, 0.6) is 0 Å². The highest BCUT2D eigenvalue weighted by Gasteiger charge is 2.41. The van der Waals surface area contributed by atoms with E-state index >= 15 is 0 Å². The molecule has 1 fully saturated rings. The lowest BCUT2D eigenvalue weighted by Gasteiger charge is -2.12. The highest BCUT2D eigenvalue weighted by Crippen LogP contribution is 2.48. The van der Waals surface area contributed by atoms with Gasteiger partial charge in [-0.05, 0) is 87.0 Å². The largest absolute Gasteiger partial charge is 0.331 e. The number of hydrogen-bond donors (Lipinski definition) is 2. The second kappa shape index (κ2) is 23.9. The minimum atomic E-state index is -0.374. The van der Waals surface area contributed by atoms with Gasteiger partial charge in [0.2, 0.25) is 0 Å². The van der Waals surface area contributed by atoms with Crippen LogP contribution in [0.25, 0.3) is 0 Å². The number of ketones is 1. The van der Waals surface area contributed by atoms with Gasteiger partial charge in [0.25, 0.3) is 0 Å². The highest BCUT2D eigenvalue weighted by atomic mass is 19.1. The summed E-state index contributed by atoms with van der Waals surface area (Å²) in [6.07, 6.45) is 14.5. The van der Waals surface area contributed by atoms with Gasteiger partial charge in [-0.25, -0.2) is 8.78 Å². The van der Waals surface area contributed by atoms with Gasteiger partial charge >= 0.3 is 0 Å². The summed E-state index contributed by atoms with van der Waals surface area (Å²) in [5.74, 6) is 1.86. The summed E-state index contributed by atoms with van der Waals surface area (Å²) in [6.45, 7) is 15.3. The Bertz CT molecular complexity index is 1170. The van der Waals surface area contributed by atoms with Gasteiger partial charge in [-0.3, -0.25) is 9.59 Å². The number of rotatable bonds is 9. The van der Waals surface area contributed by atoms with Gasteiger partial charge in [0.05, 0.1) is 0 Å². The van der Waals surface area contributed by atoms with Crippen LogP contribution in [0.4, 0.5) is 8.78 Å². The molecule has 41 heavy (non-hydrogen) atoms. The normalized spacial score (nSPS) is 12.2. The first-order valence-electron chi connectivity index (χ1n) is 13.4. The third kappa shape index (κ3) is 17.4. The molecule has 0 unspecified atom stereocenters. The van der Waals surface area contributed by atoms with Gasteiger partial charge in [0.1, 0.15) is 17.9 Å². The lowest BCUT2D eigenvalue weighted by molar-refractivity contribution is -0.104. The molecule has 2 aromatic carbocycles. The van der Waals surface area contributed by atoms with Crippen molar-refractivity contribution in [3.05, 3.63) is 120 Å². The van der Waals surface area contributed by atoms with Gasteiger partial charge in [0.15, 0.2) is 5.78 Å². The van der Waals surface area contributed by atoms with Crippen LogP contribution in [0, 0.1) is 18.2 Å². The Morgan fingerprint density at radius 1 is 1.15 bits per heavy atom. The molecule has 0 aromatic heterocycles. The minimum Gasteiger partial charge on any atom is -0.331 e. The molecule has 4 nitrogen and oxygen atoms in total. The zero-order valence-corrected chi connectivity index (χ0v) is 25.2. The maximum Gasteiger partial charge on any atom is 0.160 e. The quantitative estimate of drug-likeness (QED) is 0.108. The van der Waals surface area contributed by atoms with Crippen molar-refractivity contribution in [2.75, 3.05) is 13.6 Å². The molecule has 2 aromatic rings. The van der Waals surface area contributed by atoms with E-state index in [9.17, 15) is 13.6 Å². The minimum absolute atomic E-state index is 0.0117. The number of halogens is 2. The number of Topliss-reactive ketones (excluding diaryl/α,β-unsaturated/α-hetero) is 1. The van der Waals surface area contributed by atoms with Crippen LogP contribution >= 0.6 is 0 Å². The third-order valence-electron chi connectivity index (χ3n) is 5.48. The summed E-state index contributed by atoms with van der Waals surface area (Å²) in [4.78, 5) is 20.2. The van der Waals surface area contributed by atoms with Gasteiger partial charge in [0, 0.05) is 12.1 Å². The fourth-order valence-electron chi connectivity index (χ4n) is 3.34. The van der Waals surface area contributed by atoms with Crippen LogP contribution in [-0.2, 0) is 23.2 Å². The average Bonchev–Trinajstić information content (AvgIpc) is 3.69. The molecular formula is C35H46F2N2O2. The first-order valence-corrected chi connectivity index (χ1v) is 13.4. The fraction of sp³-hybridized carbons (Fsp3) is 0.314. The Balaban J connectivity index is 0. The van der Waals surface area contributed by atoms with Gasteiger partial charge in [-0.2, -0.15) is 0 Å². The number of carbonyl (C=O) groups is 2. The summed E-state index contributed by atoms with van der Waals surface area (Å²) in [7, 11) is 1.87. The van der Waals surface area contributed by atoms with Crippen molar-refractivity contribution in [3.63, 3.8) is 0 Å². The monoisotopic (exact) mass is 564 g/mol. The summed E-state index contributed by atoms with van der Waals surface area (Å²) >= 11 is 0. The van der Waals surface area contributed by atoms with Crippen LogP contribution < -0.4 is 11.1 Å². The van der Waals surface area contributed by atoms with Crippen molar-refractivity contribution in [1.82, 2.24) is 5.32 Å². The zero-order valence-electron chi connectivity index (χ0n) is 25.2. The lowest BCUT2D eigenvalue weighted by Crippen LogP contribution is -2.09. The molecule has 0 amide bonds. The summed E-state index contributed by atoms with van der Waals surface area (Å²) in [5.41, 5.74) is 8.14. The predicted octanol–water partition coefficient (Wildman–Crippen LogP) is 7.60. The SMILES string of the molecule is C#CC.C=C/C=C(F)\C=C/Cc1cccc(C2(C)CC2)c1F.C=CC=O.CCN.CNCc1ccccc1C(C)=O. The Kier molecular flexibility index (Phi) is 22.9. The maximum absolute atomic E-state index is 14.3. The Hall–Kier alpha value is -3.92. The van der Waals surface area contributed by atoms with Crippen LogP contribution in [0.15, 0.2) is 91.8 Å². The van der Waals surface area contributed by atoms with Crippen molar-refractivity contribution in [2.24, 2.45) is 5.73 Å². The number of benzene rings is 2. The Morgan fingerprint density at radius 3 is 2.15 bits per heavy atom. The topological polar surface area (TPSA) is 72.2 Å².